The molecule has 0 aliphatic carbocycles. The molecule has 1 aromatic rings. The van der Waals surface area contributed by atoms with E-state index in [9.17, 15) is 14.7 Å². The van der Waals surface area contributed by atoms with Crippen LogP contribution in [0.15, 0.2) is 24.3 Å². The number of carbonyl (C=O) groups is 2. The number of para-hydroxylation sites is 1. The van der Waals surface area contributed by atoms with Crippen molar-refractivity contribution in [1.82, 2.24) is 9.80 Å². The number of amides is 2. The lowest BCUT2D eigenvalue weighted by Crippen LogP contribution is -2.50. The van der Waals surface area contributed by atoms with Crippen LogP contribution in [0.3, 0.4) is 0 Å². The topological polar surface area (TPSA) is 86.9 Å². The molecule has 3 N–H and O–H groups in total. The van der Waals surface area contributed by atoms with Crippen LogP contribution in [0.1, 0.15) is 16.8 Å². The van der Waals surface area contributed by atoms with Crippen molar-refractivity contribution in [3.63, 3.8) is 0 Å². The SMILES string of the molecule is NCCC(=O)N1CCN(C(=O)c2ccccc2O)CC1. The first kappa shape index (κ1) is 14.3. The van der Waals surface area contributed by atoms with E-state index < -0.39 is 0 Å². The van der Waals surface area contributed by atoms with Crippen molar-refractivity contribution >= 4 is 11.8 Å². The van der Waals surface area contributed by atoms with Crippen LogP contribution in [0.4, 0.5) is 0 Å². The molecule has 1 aliphatic heterocycles. The Balaban J connectivity index is 1.96. The summed E-state index contributed by atoms with van der Waals surface area (Å²) in [6, 6.07) is 6.49. The van der Waals surface area contributed by atoms with E-state index in [4.69, 9.17) is 5.73 Å². The van der Waals surface area contributed by atoms with Gasteiger partial charge in [-0.05, 0) is 12.1 Å². The van der Waals surface area contributed by atoms with Crippen molar-refractivity contribution in [2.75, 3.05) is 32.7 Å². The lowest BCUT2D eigenvalue weighted by atomic mass is 10.1. The van der Waals surface area contributed by atoms with E-state index in [2.05, 4.69) is 0 Å². The third kappa shape index (κ3) is 3.08. The van der Waals surface area contributed by atoms with Gasteiger partial charge < -0.3 is 20.6 Å². The fraction of sp³-hybridized carbons (Fsp3) is 0.429. The quantitative estimate of drug-likeness (QED) is 0.816. The number of aromatic hydroxyl groups is 1. The van der Waals surface area contributed by atoms with Gasteiger partial charge in [0.1, 0.15) is 5.75 Å². The highest BCUT2D eigenvalue weighted by molar-refractivity contribution is 5.97. The summed E-state index contributed by atoms with van der Waals surface area (Å²) >= 11 is 0. The van der Waals surface area contributed by atoms with Crippen molar-refractivity contribution in [2.24, 2.45) is 5.73 Å². The number of carbonyl (C=O) groups excluding carboxylic acids is 2. The van der Waals surface area contributed by atoms with E-state index in [1.54, 1.807) is 28.0 Å². The normalized spacial score (nSPS) is 15.2. The zero-order chi connectivity index (χ0) is 14.5. The van der Waals surface area contributed by atoms with E-state index >= 15 is 0 Å². The van der Waals surface area contributed by atoms with Gasteiger partial charge >= 0.3 is 0 Å². The highest BCUT2D eigenvalue weighted by atomic mass is 16.3. The Bertz CT molecular complexity index is 496. The standard InChI is InChI=1S/C14H19N3O3/c15-6-5-13(19)16-7-9-17(10-8-16)14(20)11-3-1-2-4-12(11)18/h1-4,18H,5-10,15H2. The lowest BCUT2D eigenvalue weighted by molar-refractivity contribution is -0.132. The van der Waals surface area contributed by atoms with Crippen molar-refractivity contribution in [1.29, 1.82) is 0 Å². The van der Waals surface area contributed by atoms with Gasteiger partial charge in [0.2, 0.25) is 5.91 Å². The van der Waals surface area contributed by atoms with Gasteiger partial charge in [-0.2, -0.15) is 0 Å². The second kappa shape index (κ2) is 6.38. The van der Waals surface area contributed by atoms with Crippen molar-refractivity contribution < 1.29 is 14.7 Å². The molecule has 1 fully saturated rings. The lowest BCUT2D eigenvalue weighted by Gasteiger charge is -2.34. The molecule has 0 unspecified atom stereocenters. The van der Waals surface area contributed by atoms with E-state index in [-0.39, 0.29) is 17.6 Å². The maximum absolute atomic E-state index is 12.3. The van der Waals surface area contributed by atoms with Crippen LogP contribution >= 0.6 is 0 Å². The van der Waals surface area contributed by atoms with Crippen LogP contribution in [0.2, 0.25) is 0 Å². The molecule has 2 amide bonds. The predicted molar refractivity (Wildman–Crippen MR) is 74.3 cm³/mol. The number of nitrogens with zero attached hydrogens (tertiary/aromatic N) is 2. The molecule has 1 aromatic carbocycles. The Kier molecular flexibility index (Phi) is 4.57. The van der Waals surface area contributed by atoms with Gasteiger partial charge in [-0.1, -0.05) is 12.1 Å². The molecular weight excluding hydrogens is 258 g/mol. The summed E-state index contributed by atoms with van der Waals surface area (Å²) in [7, 11) is 0. The van der Waals surface area contributed by atoms with Crippen molar-refractivity contribution in [2.45, 2.75) is 6.42 Å². The number of piperazine rings is 1. The van der Waals surface area contributed by atoms with Crippen LogP contribution in [0.5, 0.6) is 5.75 Å². The van der Waals surface area contributed by atoms with Crippen LogP contribution in [-0.4, -0.2) is 59.4 Å². The maximum Gasteiger partial charge on any atom is 0.257 e. The first-order valence-electron chi connectivity index (χ1n) is 6.68. The summed E-state index contributed by atoms with van der Waals surface area (Å²) in [6.45, 7) is 2.32. The van der Waals surface area contributed by atoms with E-state index in [0.29, 0.717) is 44.7 Å². The van der Waals surface area contributed by atoms with Gasteiger partial charge in [0.25, 0.3) is 5.91 Å². The van der Waals surface area contributed by atoms with Gasteiger partial charge in [-0.15, -0.1) is 0 Å². The summed E-state index contributed by atoms with van der Waals surface area (Å²) in [5.74, 6) is -0.185. The first-order valence-corrected chi connectivity index (χ1v) is 6.68. The Morgan fingerprint density at radius 3 is 2.30 bits per heavy atom. The molecule has 6 heteroatoms. The summed E-state index contributed by atoms with van der Waals surface area (Å²) < 4.78 is 0. The zero-order valence-corrected chi connectivity index (χ0v) is 11.3. The van der Waals surface area contributed by atoms with E-state index in [1.165, 1.54) is 6.07 Å². The number of hydrogen-bond acceptors (Lipinski definition) is 4. The monoisotopic (exact) mass is 277 g/mol. The minimum absolute atomic E-state index is 0.0147. The third-order valence-corrected chi connectivity index (χ3v) is 3.41. The molecule has 108 valence electrons. The number of phenolic OH excluding ortho intramolecular Hbond substituents is 1. The zero-order valence-electron chi connectivity index (χ0n) is 11.3. The molecule has 0 bridgehead atoms. The molecule has 0 saturated carbocycles. The third-order valence-electron chi connectivity index (χ3n) is 3.41. The molecule has 0 radical (unpaired) electrons. The average Bonchev–Trinajstić information content (AvgIpc) is 2.47. The highest BCUT2D eigenvalue weighted by Crippen LogP contribution is 2.18. The molecule has 0 aromatic heterocycles. The number of nitrogens with two attached hydrogens (primary N) is 1. The molecule has 20 heavy (non-hydrogen) atoms. The van der Waals surface area contributed by atoms with Crippen molar-refractivity contribution in [3.8, 4) is 5.75 Å². The molecule has 1 aliphatic rings. The van der Waals surface area contributed by atoms with Gasteiger partial charge in [-0.3, -0.25) is 9.59 Å². The Hall–Kier alpha value is -2.08. The fourth-order valence-electron chi connectivity index (χ4n) is 2.27. The van der Waals surface area contributed by atoms with Gasteiger partial charge in [0.15, 0.2) is 0 Å². The number of benzene rings is 1. The molecular formula is C14H19N3O3. The summed E-state index contributed by atoms with van der Waals surface area (Å²) in [5.41, 5.74) is 5.66. The number of hydrogen-bond donors (Lipinski definition) is 2. The molecule has 2 rings (SSSR count). The van der Waals surface area contributed by atoms with Gasteiger partial charge in [0.05, 0.1) is 5.56 Å². The van der Waals surface area contributed by atoms with Crippen LogP contribution in [-0.2, 0) is 4.79 Å². The van der Waals surface area contributed by atoms with E-state index in [1.807, 2.05) is 0 Å². The second-order valence-electron chi connectivity index (χ2n) is 4.73. The largest absolute Gasteiger partial charge is 0.507 e. The first-order chi connectivity index (χ1) is 9.63. The van der Waals surface area contributed by atoms with E-state index in [0.717, 1.165) is 0 Å². The smallest absolute Gasteiger partial charge is 0.257 e. The minimum Gasteiger partial charge on any atom is -0.507 e. The van der Waals surface area contributed by atoms with Crippen LogP contribution in [0.25, 0.3) is 0 Å². The molecule has 1 heterocycles. The molecule has 6 nitrogen and oxygen atoms in total. The average molecular weight is 277 g/mol. The maximum atomic E-state index is 12.3. The molecule has 0 spiro atoms. The summed E-state index contributed by atoms with van der Waals surface area (Å²) in [4.78, 5) is 27.3. The van der Waals surface area contributed by atoms with Gasteiger partial charge in [-0.25, -0.2) is 0 Å². The van der Waals surface area contributed by atoms with Crippen LogP contribution < -0.4 is 5.73 Å². The Morgan fingerprint density at radius 2 is 1.70 bits per heavy atom. The summed E-state index contributed by atoms with van der Waals surface area (Å²) in [5, 5.41) is 9.70. The Morgan fingerprint density at radius 1 is 1.10 bits per heavy atom. The highest BCUT2D eigenvalue weighted by Gasteiger charge is 2.25. The number of rotatable bonds is 3. The minimum atomic E-state index is -0.200. The summed E-state index contributed by atoms with van der Waals surface area (Å²) in [6.07, 6.45) is 0.341. The Labute approximate surface area is 117 Å². The predicted octanol–water partition coefficient (Wildman–Crippen LogP) is 0.0254. The number of phenols is 1. The van der Waals surface area contributed by atoms with Gasteiger partial charge in [0, 0.05) is 39.1 Å². The molecule has 0 atom stereocenters. The van der Waals surface area contributed by atoms with Crippen LogP contribution in [0, 0.1) is 0 Å². The fourth-order valence-corrected chi connectivity index (χ4v) is 2.27. The van der Waals surface area contributed by atoms with Crippen molar-refractivity contribution in [3.05, 3.63) is 29.8 Å². The molecule has 1 saturated heterocycles. The second-order valence-corrected chi connectivity index (χ2v) is 4.73.